The Morgan fingerprint density at radius 3 is 2.39 bits per heavy atom. The summed E-state index contributed by atoms with van der Waals surface area (Å²) < 4.78 is 0. The number of hydrogen-bond acceptors (Lipinski definition) is 4. The van der Waals surface area contributed by atoms with Crippen molar-refractivity contribution in [2.45, 2.75) is 19.3 Å². The Morgan fingerprint density at radius 2 is 1.78 bits per heavy atom. The van der Waals surface area contributed by atoms with E-state index in [4.69, 9.17) is 5.11 Å². The van der Waals surface area contributed by atoms with Crippen LogP contribution in [-0.2, 0) is 4.79 Å². The molecule has 0 amide bonds. The van der Waals surface area contributed by atoms with E-state index in [9.17, 15) is 4.79 Å². The van der Waals surface area contributed by atoms with Crippen molar-refractivity contribution in [2.75, 3.05) is 52.4 Å². The fourth-order valence-corrected chi connectivity index (χ4v) is 2.92. The fraction of sp³-hybridized carbons (Fsp3) is 0.923. The molecule has 0 aromatic rings. The molecule has 2 fully saturated rings. The second-order valence-corrected chi connectivity index (χ2v) is 5.49. The van der Waals surface area contributed by atoms with E-state index < -0.39 is 5.97 Å². The fourth-order valence-electron chi connectivity index (χ4n) is 2.92. The van der Waals surface area contributed by atoms with Gasteiger partial charge in [0.2, 0.25) is 0 Å². The Balaban J connectivity index is 1.59. The lowest BCUT2D eigenvalue weighted by molar-refractivity contribution is -0.138. The van der Waals surface area contributed by atoms with Crippen molar-refractivity contribution in [1.29, 1.82) is 0 Å². The highest BCUT2D eigenvalue weighted by atomic mass is 16.4. The van der Waals surface area contributed by atoms with Gasteiger partial charge in [0.25, 0.3) is 0 Å². The van der Waals surface area contributed by atoms with Gasteiger partial charge in [0.15, 0.2) is 0 Å². The molecular formula is C13H25N3O2. The number of likely N-dealkylation sites (tertiary alicyclic amines) is 1. The molecule has 2 N–H and O–H groups in total. The Morgan fingerprint density at radius 1 is 1.11 bits per heavy atom. The third-order valence-electron chi connectivity index (χ3n) is 4.13. The van der Waals surface area contributed by atoms with Gasteiger partial charge in [-0.15, -0.1) is 0 Å². The lowest BCUT2D eigenvalue weighted by Crippen LogP contribution is -2.44. The molecule has 0 aromatic heterocycles. The van der Waals surface area contributed by atoms with Crippen molar-refractivity contribution in [1.82, 2.24) is 15.1 Å². The van der Waals surface area contributed by atoms with Crippen LogP contribution in [-0.4, -0.2) is 73.2 Å². The largest absolute Gasteiger partial charge is 0.480 e. The zero-order chi connectivity index (χ0) is 12.8. The van der Waals surface area contributed by atoms with E-state index in [0.717, 1.165) is 32.1 Å². The quantitative estimate of drug-likeness (QED) is 0.728. The molecule has 0 saturated carbocycles. The van der Waals surface area contributed by atoms with E-state index in [1.165, 1.54) is 38.9 Å². The molecule has 0 atom stereocenters. The van der Waals surface area contributed by atoms with E-state index in [-0.39, 0.29) is 6.54 Å². The van der Waals surface area contributed by atoms with Gasteiger partial charge in [-0.1, -0.05) is 0 Å². The monoisotopic (exact) mass is 255 g/mol. The van der Waals surface area contributed by atoms with E-state index in [2.05, 4.69) is 15.1 Å². The maximum Gasteiger partial charge on any atom is 0.317 e. The Hall–Kier alpha value is -0.650. The molecule has 18 heavy (non-hydrogen) atoms. The van der Waals surface area contributed by atoms with Crippen LogP contribution in [0.4, 0.5) is 0 Å². The summed E-state index contributed by atoms with van der Waals surface area (Å²) in [4.78, 5) is 15.2. The van der Waals surface area contributed by atoms with Crippen molar-refractivity contribution in [3.8, 4) is 0 Å². The molecular weight excluding hydrogens is 230 g/mol. The van der Waals surface area contributed by atoms with Crippen molar-refractivity contribution in [3.63, 3.8) is 0 Å². The van der Waals surface area contributed by atoms with Crippen LogP contribution in [0.2, 0.25) is 0 Å². The first-order valence-electron chi connectivity index (χ1n) is 7.11. The number of nitrogens with zero attached hydrogens (tertiary/aromatic N) is 2. The van der Waals surface area contributed by atoms with Crippen LogP contribution in [0.15, 0.2) is 0 Å². The van der Waals surface area contributed by atoms with Gasteiger partial charge >= 0.3 is 5.97 Å². The summed E-state index contributed by atoms with van der Waals surface area (Å²) >= 11 is 0. The predicted octanol–water partition coefficient (Wildman–Crippen LogP) is 0.0783. The number of carboxylic acids is 1. The maximum absolute atomic E-state index is 10.6. The van der Waals surface area contributed by atoms with Crippen molar-refractivity contribution in [3.05, 3.63) is 0 Å². The average Bonchev–Trinajstić information content (AvgIpc) is 2.38. The summed E-state index contributed by atoms with van der Waals surface area (Å²) in [5.74, 6) is 0.0965. The van der Waals surface area contributed by atoms with Gasteiger partial charge in [-0.3, -0.25) is 9.69 Å². The van der Waals surface area contributed by atoms with Gasteiger partial charge in [-0.2, -0.15) is 0 Å². The minimum absolute atomic E-state index is 0.213. The molecule has 2 aliphatic rings. The number of carbonyl (C=O) groups is 1. The van der Waals surface area contributed by atoms with Crippen LogP contribution < -0.4 is 5.32 Å². The number of hydrogen-bond donors (Lipinski definition) is 2. The van der Waals surface area contributed by atoms with Gasteiger partial charge < -0.3 is 15.3 Å². The topological polar surface area (TPSA) is 55.8 Å². The molecule has 0 spiro atoms. The lowest BCUT2D eigenvalue weighted by Gasteiger charge is -2.33. The molecule has 2 aliphatic heterocycles. The number of rotatable bonds is 5. The minimum atomic E-state index is -0.700. The number of aliphatic carboxylic acids is 1. The van der Waals surface area contributed by atoms with Crippen LogP contribution in [0.1, 0.15) is 19.3 Å². The highest BCUT2D eigenvalue weighted by Crippen LogP contribution is 2.20. The third-order valence-corrected chi connectivity index (χ3v) is 4.13. The number of carboxylic acid groups (broad SMARTS) is 1. The first-order valence-corrected chi connectivity index (χ1v) is 7.11. The molecule has 0 unspecified atom stereocenters. The summed E-state index contributed by atoms with van der Waals surface area (Å²) in [5.41, 5.74) is 0. The Bertz CT molecular complexity index is 259. The summed E-state index contributed by atoms with van der Waals surface area (Å²) in [6.45, 7) is 7.94. The van der Waals surface area contributed by atoms with Gasteiger partial charge in [-0.25, -0.2) is 0 Å². The highest BCUT2D eigenvalue weighted by molar-refractivity contribution is 5.69. The van der Waals surface area contributed by atoms with Crippen molar-refractivity contribution in [2.24, 2.45) is 5.92 Å². The summed E-state index contributed by atoms with van der Waals surface area (Å²) in [7, 11) is 0. The van der Waals surface area contributed by atoms with Gasteiger partial charge in [-0.05, 0) is 44.8 Å². The molecule has 104 valence electrons. The molecule has 0 aliphatic carbocycles. The smallest absolute Gasteiger partial charge is 0.317 e. The highest BCUT2D eigenvalue weighted by Gasteiger charge is 2.21. The number of nitrogens with one attached hydrogen (secondary N) is 1. The molecule has 0 aromatic carbocycles. The second-order valence-electron chi connectivity index (χ2n) is 5.49. The van der Waals surface area contributed by atoms with E-state index in [1.807, 2.05) is 0 Å². The molecule has 0 bridgehead atoms. The van der Waals surface area contributed by atoms with Crippen LogP contribution >= 0.6 is 0 Å². The predicted molar refractivity (Wildman–Crippen MR) is 70.7 cm³/mol. The number of piperazine rings is 1. The van der Waals surface area contributed by atoms with Gasteiger partial charge in [0.1, 0.15) is 0 Å². The molecule has 2 heterocycles. The van der Waals surface area contributed by atoms with Gasteiger partial charge in [0, 0.05) is 26.2 Å². The average molecular weight is 255 g/mol. The third kappa shape index (κ3) is 4.55. The standard InChI is InChI=1S/C13H25N3O2/c17-13(18)11-16-7-2-12(3-8-16)1-6-15-9-4-14-5-10-15/h12,14H,1-11H2,(H,17,18). The molecule has 0 radical (unpaired) electrons. The summed E-state index contributed by atoms with van der Waals surface area (Å²) in [6, 6.07) is 0. The zero-order valence-electron chi connectivity index (χ0n) is 11.1. The van der Waals surface area contributed by atoms with E-state index in [1.54, 1.807) is 0 Å². The van der Waals surface area contributed by atoms with Crippen molar-refractivity contribution < 1.29 is 9.90 Å². The molecule has 5 nitrogen and oxygen atoms in total. The summed E-state index contributed by atoms with van der Waals surface area (Å²) in [6.07, 6.45) is 3.61. The Labute approximate surface area is 109 Å². The van der Waals surface area contributed by atoms with Crippen molar-refractivity contribution >= 4 is 5.97 Å². The molecule has 5 heteroatoms. The molecule has 2 saturated heterocycles. The first-order chi connectivity index (χ1) is 8.74. The summed E-state index contributed by atoms with van der Waals surface area (Å²) in [5, 5.41) is 12.1. The SMILES string of the molecule is O=C(O)CN1CCC(CCN2CCNCC2)CC1. The maximum atomic E-state index is 10.6. The molecule has 2 rings (SSSR count). The second kappa shape index (κ2) is 7.07. The Kier molecular flexibility index (Phi) is 5.41. The van der Waals surface area contributed by atoms with Crippen LogP contribution in [0.5, 0.6) is 0 Å². The van der Waals surface area contributed by atoms with Gasteiger partial charge in [0.05, 0.1) is 6.54 Å². The lowest BCUT2D eigenvalue weighted by atomic mass is 9.93. The van der Waals surface area contributed by atoms with Crippen LogP contribution in [0.3, 0.4) is 0 Å². The normalized spacial score (nSPS) is 24.2. The van der Waals surface area contributed by atoms with Crippen LogP contribution in [0.25, 0.3) is 0 Å². The first kappa shape index (κ1) is 13.8. The minimum Gasteiger partial charge on any atom is -0.480 e. The van der Waals surface area contributed by atoms with E-state index >= 15 is 0 Å². The van der Waals surface area contributed by atoms with Crippen LogP contribution in [0, 0.1) is 5.92 Å². The zero-order valence-corrected chi connectivity index (χ0v) is 11.1. The van der Waals surface area contributed by atoms with E-state index in [0.29, 0.717) is 0 Å². The number of piperidine rings is 1.